The van der Waals surface area contributed by atoms with Crippen molar-refractivity contribution in [2.24, 2.45) is 28.3 Å². The second-order valence-electron chi connectivity index (χ2n) is 12.9. The van der Waals surface area contributed by atoms with Gasteiger partial charge in [-0.25, -0.2) is 4.79 Å². The van der Waals surface area contributed by atoms with Gasteiger partial charge in [0, 0.05) is 20.1 Å². The van der Waals surface area contributed by atoms with Gasteiger partial charge in [0.25, 0.3) is 0 Å². The number of guanidine groups is 1. The van der Waals surface area contributed by atoms with E-state index in [-0.39, 0.29) is 56.8 Å². The quantitative estimate of drug-likeness (QED) is 0.0572. The van der Waals surface area contributed by atoms with Gasteiger partial charge in [-0.3, -0.25) is 24.2 Å². The molecule has 1 aliphatic carbocycles. The number of amides is 4. The number of carbonyl (C=O) groups is 5. The number of carboxylic acids is 1. The SMILES string of the molecule is CC(=O)N[C@@H](CC1CCCCC1)C(=O)N[C@@H](CC(C)C)C(=O)N[C@@H](CCOCc1ccccc1)C(=O)N[C@@H](CCCN=C(N)N)C(=O)O. The van der Waals surface area contributed by atoms with Gasteiger partial charge in [0.05, 0.1) is 6.61 Å². The van der Waals surface area contributed by atoms with Crippen LogP contribution in [-0.2, 0) is 35.3 Å². The van der Waals surface area contributed by atoms with E-state index >= 15 is 0 Å². The summed E-state index contributed by atoms with van der Waals surface area (Å²) in [5.41, 5.74) is 11.6. The van der Waals surface area contributed by atoms with Crippen LogP contribution in [0.3, 0.4) is 0 Å². The summed E-state index contributed by atoms with van der Waals surface area (Å²) in [6.45, 7) is 5.72. The third kappa shape index (κ3) is 16.1. The number of carboxylic acid groups (broad SMARTS) is 1. The molecule has 4 atom stereocenters. The zero-order valence-corrected chi connectivity index (χ0v) is 28.5. The fraction of sp³-hybridized carbons (Fsp3) is 0.647. The van der Waals surface area contributed by atoms with Crippen molar-refractivity contribution in [2.75, 3.05) is 13.2 Å². The number of nitrogens with zero attached hydrogens (tertiary/aromatic N) is 1. The van der Waals surface area contributed by atoms with Gasteiger partial charge in [-0.05, 0) is 49.5 Å². The predicted octanol–water partition coefficient (Wildman–Crippen LogP) is 1.71. The van der Waals surface area contributed by atoms with E-state index in [9.17, 15) is 29.1 Å². The monoisotopic (exact) mass is 673 g/mol. The number of carbonyl (C=O) groups excluding carboxylic acids is 4. The number of benzene rings is 1. The normalized spacial score (nSPS) is 15.8. The Balaban J connectivity index is 2.18. The number of aliphatic carboxylic acids is 1. The zero-order valence-electron chi connectivity index (χ0n) is 28.5. The molecule has 268 valence electrons. The Bertz CT molecular complexity index is 1200. The maximum atomic E-state index is 13.7. The first kappa shape index (κ1) is 40.0. The van der Waals surface area contributed by atoms with Crippen LogP contribution in [0.2, 0.25) is 0 Å². The van der Waals surface area contributed by atoms with Crippen molar-refractivity contribution in [3.63, 3.8) is 0 Å². The molecule has 1 aromatic rings. The third-order valence-corrected chi connectivity index (χ3v) is 8.18. The van der Waals surface area contributed by atoms with Crippen molar-refractivity contribution >= 4 is 35.6 Å². The van der Waals surface area contributed by atoms with Gasteiger partial charge in [-0.1, -0.05) is 76.3 Å². The fourth-order valence-electron chi connectivity index (χ4n) is 5.75. The molecule has 0 spiro atoms. The van der Waals surface area contributed by atoms with E-state index in [0.29, 0.717) is 18.8 Å². The van der Waals surface area contributed by atoms with Gasteiger partial charge in [-0.2, -0.15) is 0 Å². The van der Waals surface area contributed by atoms with Crippen LogP contribution in [0.15, 0.2) is 35.3 Å². The van der Waals surface area contributed by atoms with E-state index in [4.69, 9.17) is 16.2 Å². The smallest absolute Gasteiger partial charge is 0.326 e. The number of hydrogen-bond acceptors (Lipinski definition) is 7. The minimum absolute atomic E-state index is 0.00157. The number of ether oxygens (including phenoxy) is 1. The Kier molecular flexibility index (Phi) is 18.0. The van der Waals surface area contributed by atoms with Crippen LogP contribution in [0.1, 0.15) is 90.5 Å². The van der Waals surface area contributed by atoms with E-state index in [1.165, 1.54) is 6.92 Å². The Hall–Kier alpha value is -4.20. The van der Waals surface area contributed by atoms with Crippen molar-refractivity contribution < 1.29 is 33.8 Å². The number of rotatable bonds is 21. The Morgan fingerprint density at radius 1 is 0.854 bits per heavy atom. The van der Waals surface area contributed by atoms with Gasteiger partial charge in [0.15, 0.2) is 5.96 Å². The van der Waals surface area contributed by atoms with E-state index in [2.05, 4.69) is 26.3 Å². The number of nitrogens with two attached hydrogens (primary N) is 2. The fourth-order valence-corrected chi connectivity index (χ4v) is 5.75. The first-order valence-corrected chi connectivity index (χ1v) is 16.9. The Morgan fingerprint density at radius 3 is 2.06 bits per heavy atom. The molecule has 0 unspecified atom stereocenters. The molecule has 0 heterocycles. The molecular formula is C34H55N7O7. The third-order valence-electron chi connectivity index (χ3n) is 8.18. The molecule has 0 radical (unpaired) electrons. The van der Waals surface area contributed by atoms with E-state index in [1.807, 2.05) is 44.2 Å². The molecule has 1 saturated carbocycles. The highest BCUT2D eigenvalue weighted by Gasteiger charge is 2.32. The molecule has 1 aliphatic rings. The van der Waals surface area contributed by atoms with Crippen LogP contribution in [0, 0.1) is 11.8 Å². The number of hydrogen-bond donors (Lipinski definition) is 7. The molecule has 9 N–H and O–H groups in total. The maximum Gasteiger partial charge on any atom is 0.326 e. The second-order valence-corrected chi connectivity index (χ2v) is 12.9. The molecule has 48 heavy (non-hydrogen) atoms. The van der Waals surface area contributed by atoms with Crippen LogP contribution < -0.4 is 32.7 Å². The highest BCUT2D eigenvalue weighted by atomic mass is 16.5. The summed E-state index contributed by atoms with van der Waals surface area (Å²) in [4.78, 5) is 68.5. The Morgan fingerprint density at radius 2 is 1.46 bits per heavy atom. The topological polar surface area (TPSA) is 227 Å². The first-order chi connectivity index (χ1) is 22.8. The van der Waals surface area contributed by atoms with Crippen LogP contribution in [0.4, 0.5) is 0 Å². The maximum absolute atomic E-state index is 13.7. The summed E-state index contributed by atoms with van der Waals surface area (Å²) in [5, 5.41) is 20.6. The van der Waals surface area contributed by atoms with Crippen molar-refractivity contribution in [3.8, 4) is 0 Å². The van der Waals surface area contributed by atoms with E-state index < -0.39 is 47.9 Å². The molecule has 0 aliphatic heterocycles. The molecule has 0 aromatic heterocycles. The summed E-state index contributed by atoms with van der Waals surface area (Å²) in [5.74, 6) is -3.17. The first-order valence-electron chi connectivity index (χ1n) is 16.9. The molecule has 0 saturated heterocycles. The lowest BCUT2D eigenvalue weighted by atomic mass is 9.84. The minimum Gasteiger partial charge on any atom is -0.480 e. The van der Waals surface area contributed by atoms with Gasteiger partial charge in [0.2, 0.25) is 23.6 Å². The van der Waals surface area contributed by atoms with Crippen LogP contribution in [-0.4, -0.2) is 78.0 Å². The minimum atomic E-state index is -1.25. The van der Waals surface area contributed by atoms with Crippen LogP contribution in [0.25, 0.3) is 0 Å². The predicted molar refractivity (Wildman–Crippen MR) is 182 cm³/mol. The van der Waals surface area contributed by atoms with E-state index in [1.54, 1.807) is 0 Å². The lowest BCUT2D eigenvalue weighted by Gasteiger charge is -2.29. The van der Waals surface area contributed by atoms with Crippen molar-refractivity contribution in [1.29, 1.82) is 0 Å². The summed E-state index contributed by atoms with van der Waals surface area (Å²) in [7, 11) is 0. The number of aliphatic imine (C=N–C) groups is 1. The molecule has 0 bridgehead atoms. The lowest BCUT2D eigenvalue weighted by molar-refractivity contribution is -0.142. The molecule has 1 aromatic carbocycles. The van der Waals surface area contributed by atoms with E-state index in [0.717, 1.165) is 37.7 Å². The molecule has 1 fully saturated rings. The second kappa shape index (κ2) is 21.6. The highest BCUT2D eigenvalue weighted by Crippen LogP contribution is 2.27. The average molecular weight is 674 g/mol. The van der Waals surface area contributed by atoms with Crippen LogP contribution >= 0.6 is 0 Å². The Labute approximate surface area is 283 Å². The summed E-state index contributed by atoms with van der Waals surface area (Å²) >= 11 is 0. The van der Waals surface area contributed by atoms with Crippen LogP contribution in [0.5, 0.6) is 0 Å². The zero-order chi connectivity index (χ0) is 35.5. The van der Waals surface area contributed by atoms with Gasteiger partial charge in [-0.15, -0.1) is 0 Å². The van der Waals surface area contributed by atoms with Crippen molar-refractivity contribution in [1.82, 2.24) is 21.3 Å². The standard InChI is InChI=1S/C34H55N7O7/c1-22(2)19-28(41-32(45)29(38-23(3)42)20-24-11-6-4-7-12-24)31(44)39-26(16-18-48-21-25-13-8-5-9-14-25)30(43)40-27(33(46)47)15-10-17-37-34(35)36/h5,8-9,13-14,22,24,26-29H,4,6-7,10-12,15-21H2,1-3H3,(H,38,42)(H,39,44)(H,40,43)(H,41,45)(H,46,47)(H4,35,36,37)/t26-,27-,28-,29-/m0/s1. The van der Waals surface area contributed by atoms with Crippen molar-refractivity contribution in [2.45, 2.75) is 116 Å². The van der Waals surface area contributed by atoms with Gasteiger partial charge in [0.1, 0.15) is 24.2 Å². The molecular weight excluding hydrogens is 618 g/mol. The summed E-state index contributed by atoms with van der Waals surface area (Å²) in [6.07, 6.45) is 6.42. The summed E-state index contributed by atoms with van der Waals surface area (Å²) in [6, 6.07) is 5.22. The molecule has 4 amide bonds. The largest absolute Gasteiger partial charge is 0.480 e. The van der Waals surface area contributed by atoms with Gasteiger partial charge < -0.3 is 42.6 Å². The van der Waals surface area contributed by atoms with Crippen molar-refractivity contribution in [3.05, 3.63) is 35.9 Å². The molecule has 14 nitrogen and oxygen atoms in total. The van der Waals surface area contributed by atoms with Gasteiger partial charge >= 0.3 is 5.97 Å². The highest BCUT2D eigenvalue weighted by molar-refractivity contribution is 5.94. The molecule has 2 rings (SSSR count). The average Bonchev–Trinajstić information content (AvgIpc) is 3.03. The molecule has 14 heteroatoms. The number of nitrogens with one attached hydrogen (secondary N) is 4. The summed E-state index contributed by atoms with van der Waals surface area (Å²) < 4.78 is 5.77. The lowest BCUT2D eigenvalue weighted by Crippen LogP contribution is -2.58.